The van der Waals surface area contributed by atoms with Crippen molar-refractivity contribution >= 4 is 21.8 Å². The topological polar surface area (TPSA) is 4.93 Å². The second-order valence-electron chi connectivity index (χ2n) is 12.9. The predicted molar refractivity (Wildman–Crippen MR) is 210 cm³/mol. The summed E-state index contributed by atoms with van der Waals surface area (Å²) in [6.07, 6.45) is 0. The summed E-state index contributed by atoms with van der Waals surface area (Å²) in [6, 6.07) is 77.3. The van der Waals surface area contributed by atoms with Crippen LogP contribution in [0.15, 0.2) is 212 Å². The van der Waals surface area contributed by atoms with E-state index in [2.05, 4.69) is 217 Å². The number of rotatable bonds is 7. The Hall–Kier alpha value is -6.44. The van der Waals surface area contributed by atoms with Gasteiger partial charge in [-0.2, -0.15) is 0 Å². The van der Waals surface area contributed by atoms with Crippen molar-refractivity contribution in [3.63, 3.8) is 0 Å². The molecule has 0 unspecified atom stereocenters. The van der Waals surface area contributed by atoms with Crippen LogP contribution in [-0.2, 0) is 5.41 Å². The molecule has 0 spiro atoms. The molecular formula is C49H35N. The van der Waals surface area contributed by atoms with E-state index in [9.17, 15) is 0 Å². The average molecular weight is 638 g/mol. The second-order valence-corrected chi connectivity index (χ2v) is 12.9. The van der Waals surface area contributed by atoms with Gasteiger partial charge in [-0.3, -0.25) is 0 Å². The summed E-state index contributed by atoms with van der Waals surface area (Å²) in [4.78, 5) is 0. The lowest BCUT2D eigenvalue weighted by atomic mass is 9.65. The van der Waals surface area contributed by atoms with E-state index in [1.54, 1.807) is 0 Å². The van der Waals surface area contributed by atoms with Crippen LogP contribution in [-0.4, -0.2) is 4.57 Å². The van der Waals surface area contributed by atoms with E-state index in [-0.39, 0.29) is 0 Å². The quantitative estimate of drug-likeness (QED) is 0.153. The Bertz CT molecular complexity index is 2490. The van der Waals surface area contributed by atoms with Gasteiger partial charge in [-0.05, 0) is 80.9 Å². The molecule has 1 nitrogen and oxygen atoms in total. The summed E-state index contributed by atoms with van der Waals surface area (Å²) in [5.41, 5.74) is 12.7. The molecule has 1 heterocycles. The largest absolute Gasteiger partial charge is 0.309 e. The molecule has 0 atom stereocenters. The molecule has 0 fully saturated rings. The van der Waals surface area contributed by atoms with Crippen LogP contribution in [0, 0.1) is 0 Å². The number of para-hydroxylation sites is 2. The van der Waals surface area contributed by atoms with Gasteiger partial charge in [0, 0.05) is 16.5 Å². The number of hydrogen-bond acceptors (Lipinski definition) is 0. The first-order valence-electron chi connectivity index (χ1n) is 17.3. The van der Waals surface area contributed by atoms with Gasteiger partial charge in [-0.25, -0.2) is 0 Å². The Morgan fingerprint density at radius 1 is 0.280 bits per heavy atom. The molecule has 0 bridgehead atoms. The van der Waals surface area contributed by atoms with Crippen molar-refractivity contribution < 1.29 is 0 Å². The Balaban J connectivity index is 1.30. The van der Waals surface area contributed by atoms with Crippen LogP contribution in [0.25, 0.3) is 49.7 Å². The molecule has 0 aliphatic rings. The van der Waals surface area contributed by atoms with Gasteiger partial charge in [-0.1, -0.05) is 176 Å². The van der Waals surface area contributed by atoms with Gasteiger partial charge >= 0.3 is 0 Å². The molecule has 8 aromatic carbocycles. The first-order valence-corrected chi connectivity index (χ1v) is 17.3. The van der Waals surface area contributed by atoms with Gasteiger partial charge in [0.2, 0.25) is 0 Å². The van der Waals surface area contributed by atoms with Crippen LogP contribution in [0.1, 0.15) is 22.3 Å². The molecule has 0 radical (unpaired) electrons. The van der Waals surface area contributed by atoms with Gasteiger partial charge in [0.25, 0.3) is 0 Å². The number of aromatic nitrogens is 1. The van der Waals surface area contributed by atoms with Gasteiger partial charge in [0.15, 0.2) is 0 Å². The number of hydrogen-bond donors (Lipinski definition) is 0. The molecule has 0 aliphatic heterocycles. The van der Waals surface area contributed by atoms with E-state index in [4.69, 9.17) is 0 Å². The zero-order valence-electron chi connectivity index (χ0n) is 27.7. The average Bonchev–Trinajstić information content (AvgIpc) is 3.54. The molecule has 50 heavy (non-hydrogen) atoms. The molecule has 1 aromatic heterocycles. The molecule has 0 aliphatic carbocycles. The fourth-order valence-corrected chi connectivity index (χ4v) is 7.90. The highest BCUT2D eigenvalue weighted by molar-refractivity contribution is 6.09. The van der Waals surface area contributed by atoms with E-state index in [1.807, 2.05) is 0 Å². The Morgan fingerprint density at radius 3 is 1.28 bits per heavy atom. The maximum Gasteiger partial charge on any atom is 0.0702 e. The Kier molecular flexibility index (Phi) is 7.44. The minimum Gasteiger partial charge on any atom is -0.309 e. The maximum atomic E-state index is 2.42. The van der Waals surface area contributed by atoms with Crippen molar-refractivity contribution in [1.29, 1.82) is 0 Å². The SMILES string of the molecule is c1ccc(-c2cccc(-c3cccc(C(c4ccccc4)(c4ccccc4)c4cccc(-n5c6ccccc6c6ccccc65)c4)c3)c2)cc1. The summed E-state index contributed by atoms with van der Waals surface area (Å²) >= 11 is 0. The normalized spacial score (nSPS) is 11.6. The van der Waals surface area contributed by atoms with Crippen molar-refractivity contribution in [2.45, 2.75) is 5.41 Å². The van der Waals surface area contributed by atoms with Gasteiger partial charge in [-0.15, -0.1) is 0 Å². The van der Waals surface area contributed by atoms with Crippen LogP contribution < -0.4 is 0 Å². The van der Waals surface area contributed by atoms with Gasteiger partial charge in [0.05, 0.1) is 16.4 Å². The molecule has 0 amide bonds. The highest BCUT2D eigenvalue weighted by Gasteiger charge is 2.38. The molecule has 0 N–H and O–H groups in total. The van der Waals surface area contributed by atoms with Crippen molar-refractivity contribution in [2.24, 2.45) is 0 Å². The van der Waals surface area contributed by atoms with Gasteiger partial charge < -0.3 is 4.57 Å². The third kappa shape index (κ3) is 4.95. The molecule has 236 valence electrons. The first-order chi connectivity index (χ1) is 24.8. The molecule has 0 saturated carbocycles. The van der Waals surface area contributed by atoms with E-state index < -0.39 is 5.41 Å². The van der Waals surface area contributed by atoms with E-state index in [0.717, 1.165) is 5.69 Å². The fourth-order valence-electron chi connectivity index (χ4n) is 7.90. The third-order valence-electron chi connectivity index (χ3n) is 10.1. The lowest BCUT2D eigenvalue weighted by molar-refractivity contribution is 0.744. The second kappa shape index (κ2) is 12.5. The zero-order valence-corrected chi connectivity index (χ0v) is 27.7. The standard InChI is InChI=1S/C49H35N/c1-4-17-36(18-5-1)37-19-14-20-38(33-37)39-21-15-26-42(34-39)49(40-22-6-2-7-23-40,41-24-8-3-9-25-41)43-27-16-28-44(35-43)50-47-31-12-10-29-45(47)46-30-11-13-32-48(46)50/h1-35H. The first kappa shape index (κ1) is 29.7. The predicted octanol–water partition coefficient (Wildman–Crippen LogP) is 12.5. The van der Waals surface area contributed by atoms with Crippen LogP contribution >= 0.6 is 0 Å². The number of nitrogens with zero attached hydrogens (tertiary/aromatic N) is 1. The van der Waals surface area contributed by atoms with Crippen molar-refractivity contribution in [1.82, 2.24) is 4.57 Å². The van der Waals surface area contributed by atoms with Crippen molar-refractivity contribution in [2.75, 3.05) is 0 Å². The fraction of sp³-hybridized carbons (Fsp3) is 0.0204. The summed E-state index contributed by atoms with van der Waals surface area (Å²) < 4.78 is 2.42. The summed E-state index contributed by atoms with van der Waals surface area (Å²) in [5, 5.41) is 2.52. The highest BCUT2D eigenvalue weighted by Crippen LogP contribution is 2.47. The van der Waals surface area contributed by atoms with Crippen LogP contribution in [0.2, 0.25) is 0 Å². The summed E-state index contributed by atoms with van der Waals surface area (Å²) in [6.45, 7) is 0. The molecular weight excluding hydrogens is 603 g/mol. The van der Waals surface area contributed by atoms with Crippen LogP contribution in [0.4, 0.5) is 0 Å². The highest BCUT2D eigenvalue weighted by atomic mass is 15.0. The smallest absolute Gasteiger partial charge is 0.0702 e. The van der Waals surface area contributed by atoms with E-state index in [0.29, 0.717) is 0 Å². The van der Waals surface area contributed by atoms with E-state index in [1.165, 1.54) is 66.3 Å². The molecule has 9 rings (SSSR count). The minimum absolute atomic E-state index is 0.593. The van der Waals surface area contributed by atoms with Gasteiger partial charge in [0.1, 0.15) is 0 Å². The third-order valence-corrected chi connectivity index (χ3v) is 10.1. The van der Waals surface area contributed by atoms with Crippen molar-refractivity contribution in [3.05, 3.63) is 235 Å². The lowest BCUT2D eigenvalue weighted by Gasteiger charge is -2.37. The zero-order chi connectivity index (χ0) is 33.3. The minimum atomic E-state index is -0.593. The monoisotopic (exact) mass is 637 g/mol. The van der Waals surface area contributed by atoms with Crippen LogP contribution in [0.3, 0.4) is 0 Å². The number of fused-ring (bicyclic) bond motifs is 3. The number of benzene rings is 8. The Morgan fingerprint density at radius 2 is 0.680 bits per heavy atom. The lowest BCUT2D eigenvalue weighted by Crippen LogP contribution is -2.31. The molecule has 0 saturated heterocycles. The van der Waals surface area contributed by atoms with Crippen LogP contribution in [0.5, 0.6) is 0 Å². The maximum absolute atomic E-state index is 2.42. The summed E-state index contributed by atoms with van der Waals surface area (Å²) in [5.74, 6) is 0. The molecule has 9 aromatic rings. The van der Waals surface area contributed by atoms with Crippen molar-refractivity contribution in [3.8, 4) is 27.9 Å². The Labute approximate surface area is 293 Å². The summed E-state index contributed by atoms with van der Waals surface area (Å²) in [7, 11) is 0. The van der Waals surface area contributed by atoms with E-state index >= 15 is 0 Å². The molecule has 1 heteroatoms.